The van der Waals surface area contributed by atoms with E-state index >= 15 is 0 Å². The normalized spacial score (nSPS) is 13.0. The van der Waals surface area contributed by atoms with Gasteiger partial charge in [0, 0.05) is 14.6 Å². The van der Waals surface area contributed by atoms with Crippen molar-refractivity contribution in [2.75, 3.05) is 0 Å². The van der Waals surface area contributed by atoms with E-state index in [4.69, 9.17) is 5.84 Å². The molecular formula is C13H11BrN2S2. The molecule has 1 unspecified atom stereocenters. The fourth-order valence-corrected chi connectivity index (χ4v) is 4.61. The third kappa shape index (κ3) is 2.02. The Hall–Kier alpha value is -0.720. The lowest BCUT2D eigenvalue weighted by molar-refractivity contribution is 0.642. The van der Waals surface area contributed by atoms with Crippen LogP contribution in [0.1, 0.15) is 17.2 Å². The molecule has 0 fully saturated rings. The van der Waals surface area contributed by atoms with Crippen molar-refractivity contribution in [3.05, 3.63) is 56.0 Å². The summed E-state index contributed by atoms with van der Waals surface area (Å²) in [6.45, 7) is 0. The Morgan fingerprint density at radius 1 is 1.11 bits per heavy atom. The van der Waals surface area contributed by atoms with E-state index in [-0.39, 0.29) is 6.04 Å². The van der Waals surface area contributed by atoms with E-state index in [1.165, 1.54) is 21.2 Å². The summed E-state index contributed by atoms with van der Waals surface area (Å²) in [5, 5.41) is 7.65. The van der Waals surface area contributed by atoms with E-state index in [2.05, 4.69) is 61.8 Å². The molecule has 0 aliphatic heterocycles. The number of hydrazine groups is 1. The van der Waals surface area contributed by atoms with Gasteiger partial charge < -0.3 is 0 Å². The minimum atomic E-state index is 0.0294. The van der Waals surface area contributed by atoms with E-state index < -0.39 is 0 Å². The first-order valence-electron chi connectivity index (χ1n) is 5.45. The van der Waals surface area contributed by atoms with Crippen LogP contribution in [0.25, 0.3) is 10.1 Å². The van der Waals surface area contributed by atoms with E-state index in [0.717, 1.165) is 4.47 Å². The van der Waals surface area contributed by atoms with Crippen LogP contribution in [0.4, 0.5) is 0 Å². The Balaban J connectivity index is 2.15. The molecule has 3 aromatic rings. The van der Waals surface area contributed by atoms with Crippen molar-refractivity contribution in [3.63, 3.8) is 0 Å². The summed E-state index contributed by atoms with van der Waals surface area (Å²) in [6.07, 6.45) is 0. The highest BCUT2D eigenvalue weighted by Crippen LogP contribution is 2.36. The molecule has 3 N–H and O–H groups in total. The maximum absolute atomic E-state index is 5.75. The summed E-state index contributed by atoms with van der Waals surface area (Å²) in [7, 11) is 0. The van der Waals surface area contributed by atoms with Gasteiger partial charge in [-0.3, -0.25) is 5.84 Å². The van der Waals surface area contributed by atoms with Crippen LogP contribution in [0.15, 0.2) is 44.9 Å². The number of nitrogens with two attached hydrogens (primary N) is 1. The van der Waals surface area contributed by atoms with Crippen molar-refractivity contribution in [1.82, 2.24) is 5.43 Å². The minimum absolute atomic E-state index is 0.0294. The molecule has 0 bridgehead atoms. The second-order valence-corrected chi connectivity index (χ2v) is 6.47. The topological polar surface area (TPSA) is 38.0 Å². The maximum atomic E-state index is 5.75. The molecule has 0 saturated carbocycles. The third-order valence-electron chi connectivity index (χ3n) is 2.94. The van der Waals surface area contributed by atoms with Gasteiger partial charge in [-0.15, -0.1) is 11.3 Å². The van der Waals surface area contributed by atoms with Gasteiger partial charge in [-0.2, -0.15) is 11.3 Å². The zero-order valence-corrected chi connectivity index (χ0v) is 12.6. The van der Waals surface area contributed by atoms with Crippen molar-refractivity contribution in [2.24, 2.45) is 5.84 Å². The van der Waals surface area contributed by atoms with Gasteiger partial charge in [-0.05, 0) is 49.3 Å². The molecule has 0 saturated heterocycles. The van der Waals surface area contributed by atoms with Crippen LogP contribution >= 0.6 is 38.6 Å². The highest BCUT2D eigenvalue weighted by molar-refractivity contribution is 9.10. The quantitative estimate of drug-likeness (QED) is 0.552. The van der Waals surface area contributed by atoms with Crippen LogP contribution < -0.4 is 11.3 Å². The molecule has 2 nitrogen and oxygen atoms in total. The Morgan fingerprint density at radius 3 is 2.67 bits per heavy atom. The van der Waals surface area contributed by atoms with E-state index in [1.54, 1.807) is 22.7 Å². The van der Waals surface area contributed by atoms with Gasteiger partial charge in [0.1, 0.15) is 0 Å². The molecule has 18 heavy (non-hydrogen) atoms. The molecule has 0 aliphatic carbocycles. The van der Waals surface area contributed by atoms with Gasteiger partial charge in [0.2, 0.25) is 0 Å². The first kappa shape index (κ1) is 12.3. The van der Waals surface area contributed by atoms with Crippen LogP contribution in [0, 0.1) is 0 Å². The largest absolute Gasteiger partial charge is 0.271 e. The lowest BCUT2D eigenvalue weighted by atomic mass is 10.0. The van der Waals surface area contributed by atoms with Gasteiger partial charge in [-0.25, -0.2) is 5.43 Å². The second-order valence-electron chi connectivity index (χ2n) is 3.96. The summed E-state index contributed by atoms with van der Waals surface area (Å²) in [5.41, 5.74) is 5.34. The van der Waals surface area contributed by atoms with Gasteiger partial charge in [0.15, 0.2) is 0 Å². The summed E-state index contributed by atoms with van der Waals surface area (Å²) in [5.74, 6) is 5.75. The number of hydrogen-bond acceptors (Lipinski definition) is 4. The van der Waals surface area contributed by atoms with Crippen molar-refractivity contribution < 1.29 is 0 Å². The predicted molar refractivity (Wildman–Crippen MR) is 83.0 cm³/mol. The Bertz CT molecular complexity index is 674. The minimum Gasteiger partial charge on any atom is -0.271 e. The van der Waals surface area contributed by atoms with Crippen LogP contribution in [0.2, 0.25) is 0 Å². The third-order valence-corrected chi connectivity index (χ3v) is 5.68. The molecule has 3 rings (SSSR count). The molecule has 5 heteroatoms. The predicted octanol–water partition coefficient (Wildman–Crippen LogP) is 4.28. The molecule has 1 atom stereocenters. The summed E-state index contributed by atoms with van der Waals surface area (Å²) in [6, 6.07) is 8.44. The van der Waals surface area contributed by atoms with Gasteiger partial charge in [0.05, 0.1) is 6.04 Å². The van der Waals surface area contributed by atoms with Crippen molar-refractivity contribution >= 4 is 48.7 Å². The zero-order valence-electron chi connectivity index (χ0n) is 9.39. The molecule has 0 aliphatic rings. The number of nitrogens with one attached hydrogen (secondary N) is 1. The Morgan fingerprint density at radius 2 is 1.94 bits per heavy atom. The molecule has 1 aromatic carbocycles. The van der Waals surface area contributed by atoms with Crippen LogP contribution in [0.3, 0.4) is 0 Å². The Kier molecular flexibility index (Phi) is 3.50. The summed E-state index contributed by atoms with van der Waals surface area (Å²) in [4.78, 5) is 0. The lowest BCUT2D eigenvalue weighted by Crippen LogP contribution is -2.28. The fraction of sp³-hybridized carbons (Fsp3) is 0.0769. The fourth-order valence-electron chi connectivity index (χ4n) is 2.07. The van der Waals surface area contributed by atoms with Gasteiger partial charge in [0.25, 0.3) is 0 Å². The smallest absolute Gasteiger partial charge is 0.0743 e. The number of thiophene rings is 2. The SMILES string of the molecule is NNC(c1cscc1Br)c1csc2ccccc12. The molecule has 2 aromatic heterocycles. The number of rotatable bonds is 3. The molecular weight excluding hydrogens is 328 g/mol. The van der Waals surface area contributed by atoms with Gasteiger partial charge in [-0.1, -0.05) is 18.2 Å². The van der Waals surface area contributed by atoms with Crippen LogP contribution in [-0.2, 0) is 0 Å². The number of benzene rings is 1. The number of fused-ring (bicyclic) bond motifs is 1. The Labute approximate surface area is 122 Å². The molecule has 92 valence electrons. The van der Waals surface area contributed by atoms with E-state index in [9.17, 15) is 0 Å². The van der Waals surface area contributed by atoms with Crippen molar-refractivity contribution in [1.29, 1.82) is 0 Å². The van der Waals surface area contributed by atoms with Crippen LogP contribution in [0.5, 0.6) is 0 Å². The molecule has 0 amide bonds. The highest BCUT2D eigenvalue weighted by atomic mass is 79.9. The second kappa shape index (κ2) is 5.11. The van der Waals surface area contributed by atoms with Crippen molar-refractivity contribution in [2.45, 2.75) is 6.04 Å². The first-order chi connectivity index (χ1) is 8.81. The maximum Gasteiger partial charge on any atom is 0.0743 e. The summed E-state index contributed by atoms with van der Waals surface area (Å²) < 4.78 is 2.39. The zero-order chi connectivity index (χ0) is 12.5. The monoisotopic (exact) mass is 338 g/mol. The molecule has 2 heterocycles. The van der Waals surface area contributed by atoms with Crippen molar-refractivity contribution in [3.8, 4) is 0 Å². The molecule has 0 radical (unpaired) electrons. The lowest BCUT2D eigenvalue weighted by Gasteiger charge is -2.15. The first-order valence-corrected chi connectivity index (χ1v) is 8.06. The number of halogens is 1. The number of hydrogen-bond donors (Lipinski definition) is 2. The average Bonchev–Trinajstić information content (AvgIpc) is 2.99. The van der Waals surface area contributed by atoms with E-state index in [1.807, 2.05) is 0 Å². The average molecular weight is 339 g/mol. The standard InChI is InChI=1S/C13H11BrN2S2/c14-11-7-17-5-10(11)13(16-15)9-6-18-12-4-2-1-3-8(9)12/h1-7,13,16H,15H2. The van der Waals surface area contributed by atoms with E-state index in [0.29, 0.717) is 0 Å². The highest BCUT2D eigenvalue weighted by Gasteiger charge is 2.19. The van der Waals surface area contributed by atoms with Gasteiger partial charge >= 0.3 is 0 Å². The van der Waals surface area contributed by atoms with Crippen LogP contribution in [-0.4, -0.2) is 0 Å². The molecule has 0 spiro atoms. The summed E-state index contributed by atoms with van der Waals surface area (Å²) >= 11 is 7.00.